The molecule has 1 atom stereocenters. The van der Waals surface area contributed by atoms with Crippen LogP contribution in [0.5, 0.6) is 0 Å². The lowest BCUT2D eigenvalue weighted by molar-refractivity contribution is -0.127. The van der Waals surface area contributed by atoms with E-state index in [4.69, 9.17) is 0 Å². The van der Waals surface area contributed by atoms with Crippen molar-refractivity contribution in [3.05, 3.63) is 0 Å². The molecule has 0 bridgehead atoms. The number of hydrogen-bond acceptors (Lipinski definition) is 2. The molecule has 1 N–H and O–H groups in total. The first-order chi connectivity index (χ1) is 10.3. The van der Waals surface area contributed by atoms with Crippen molar-refractivity contribution in [1.82, 2.24) is 0 Å². The second-order valence-corrected chi connectivity index (χ2v) is 6.82. The summed E-state index contributed by atoms with van der Waals surface area (Å²) in [7, 11) is 0. The highest BCUT2D eigenvalue weighted by Crippen LogP contribution is 2.16. The number of aliphatic hydroxyl groups is 1. The first kappa shape index (κ1) is 18.7. The molecule has 1 fully saturated rings. The highest BCUT2D eigenvalue weighted by Gasteiger charge is 2.13. The van der Waals surface area contributed by atoms with Crippen molar-refractivity contribution in [2.24, 2.45) is 0 Å². The molecule has 2 nitrogen and oxygen atoms in total. The van der Waals surface area contributed by atoms with Crippen molar-refractivity contribution in [3.8, 4) is 0 Å². The fourth-order valence-corrected chi connectivity index (χ4v) is 3.26. The van der Waals surface area contributed by atoms with E-state index in [1.165, 1.54) is 77.0 Å². The minimum Gasteiger partial charge on any atom is -0.385 e. The Morgan fingerprint density at radius 2 is 0.905 bits per heavy atom. The molecule has 0 saturated heterocycles. The Hall–Kier alpha value is -0.370. The van der Waals surface area contributed by atoms with E-state index in [1.807, 2.05) is 0 Å². The maximum Gasteiger partial charge on any atom is 0.161 e. The molecule has 0 aromatic rings. The van der Waals surface area contributed by atoms with E-state index >= 15 is 0 Å². The van der Waals surface area contributed by atoms with Crippen LogP contribution in [-0.2, 0) is 4.79 Å². The summed E-state index contributed by atoms with van der Waals surface area (Å²) in [5.41, 5.74) is 0. The number of hydrogen-bond donors (Lipinski definition) is 1. The van der Waals surface area contributed by atoms with Gasteiger partial charge in [0, 0.05) is 6.42 Å². The molecular weight excluding hydrogens is 260 g/mol. The van der Waals surface area contributed by atoms with Gasteiger partial charge >= 0.3 is 0 Å². The zero-order valence-electron chi connectivity index (χ0n) is 14.0. The Morgan fingerprint density at radius 1 is 0.571 bits per heavy atom. The summed E-state index contributed by atoms with van der Waals surface area (Å²) in [4.78, 5) is 11.8. The molecule has 124 valence electrons. The minimum absolute atomic E-state index is 0.0768. The van der Waals surface area contributed by atoms with Crippen LogP contribution in [0.3, 0.4) is 0 Å². The van der Waals surface area contributed by atoms with Crippen LogP contribution in [0.1, 0.15) is 109 Å². The standard InChI is InChI=1S/C19H36O2/c20-18-16-14-12-10-8-6-4-2-1-3-5-7-9-11-13-15-17-19(18)21/h18,20H,1-17H2. The molecule has 0 spiro atoms. The number of carbonyl (C=O) groups is 1. The van der Waals surface area contributed by atoms with Crippen molar-refractivity contribution in [2.45, 2.75) is 115 Å². The average molecular weight is 296 g/mol. The Kier molecular flexibility index (Phi) is 11.8. The maximum absolute atomic E-state index is 11.8. The van der Waals surface area contributed by atoms with Gasteiger partial charge in [0.15, 0.2) is 5.78 Å². The predicted octanol–water partition coefficient (Wildman–Crippen LogP) is 5.56. The van der Waals surface area contributed by atoms with Gasteiger partial charge in [0.1, 0.15) is 6.10 Å². The molecule has 1 aliphatic rings. The Labute approximate surface area is 131 Å². The van der Waals surface area contributed by atoms with Crippen LogP contribution < -0.4 is 0 Å². The van der Waals surface area contributed by atoms with Crippen LogP contribution in [0.15, 0.2) is 0 Å². The number of ketones is 1. The van der Waals surface area contributed by atoms with Crippen molar-refractivity contribution < 1.29 is 9.90 Å². The third-order valence-corrected chi connectivity index (χ3v) is 4.77. The number of carbonyl (C=O) groups excluding carboxylic acids is 1. The lowest BCUT2D eigenvalue weighted by Gasteiger charge is -2.09. The van der Waals surface area contributed by atoms with Crippen molar-refractivity contribution in [3.63, 3.8) is 0 Å². The van der Waals surface area contributed by atoms with E-state index < -0.39 is 6.10 Å². The van der Waals surface area contributed by atoms with Crippen LogP contribution >= 0.6 is 0 Å². The molecule has 0 aliphatic heterocycles. The van der Waals surface area contributed by atoms with Crippen molar-refractivity contribution >= 4 is 5.78 Å². The molecule has 0 radical (unpaired) electrons. The van der Waals surface area contributed by atoms with Gasteiger partial charge < -0.3 is 5.11 Å². The van der Waals surface area contributed by atoms with Gasteiger partial charge in [0.05, 0.1) is 0 Å². The summed E-state index contributed by atoms with van der Waals surface area (Å²) in [6.45, 7) is 0. The number of rotatable bonds is 0. The normalized spacial score (nSPS) is 26.5. The Morgan fingerprint density at radius 3 is 1.33 bits per heavy atom. The maximum atomic E-state index is 11.8. The lowest BCUT2D eigenvalue weighted by atomic mass is 10.0. The predicted molar refractivity (Wildman–Crippen MR) is 89.5 cm³/mol. The minimum atomic E-state index is -0.688. The molecule has 0 aromatic carbocycles. The fourth-order valence-electron chi connectivity index (χ4n) is 3.26. The first-order valence-corrected chi connectivity index (χ1v) is 9.51. The number of Topliss-reactive ketones (excluding diaryl/α,β-unsaturated/α-hetero) is 1. The summed E-state index contributed by atoms with van der Waals surface area (Å²) in [6.07, 6.45) is 19.8. The summed E-state index contributed by atoms with van der Waals surface area (Å²) in [5.74, 6) is 0.0768. The van der Waals surface area contributed by atoms with E-state index in [-0.39, 0.29) is 5.78 Å². The third kappa shape index (κ3) is 10.9. The van der Waals surface area contributed by atoms with Crippen LogP contribution in [0.2, 0.25) is 0 Å². The first-order valence-electron chi connectivity index (χ1n) is 9.51. The molecule has 1 aliphatic carbocycles. The monoisotopic (exact) mass is 296 g/mol. The third-order valence-electron chi connectivity index (χ3n) is 4.77. The molecule has 0 aromatic heterocycles. The Bertz CT molecular complexity index is 250. The van der Waals surface area contributed by atoms with E-state index in [0.29, 0.717) is 12.8 Å². The molecule has 0 heterocycles. The molecule has 1 saturated carbocycles. The topological polar surface area (TPSA) is 37.3 Å². The summed E-state index contributed by atoms with van der Waals surface area (Å²) < 4.78 is 0. The second-order valence-electron chi connectivity index (χ2n) is 6.82. The van der Waals surface area contributed by atoms with Crippen LogP contribution in [0.4, 0.5) is 0 Å². The van der Waals surface area contributed by atoms with E-state index in [0.717, 1.165) is 19.3 Å². The van der Waals surface area contributed by atoms with Gasteiger partial charge in [-0.2, -0.15) is 0 Å². The van der Waals surface area contributed by atoms with Crippen LogP contribution in [0, 0.1) is 0 Å². The molecule has 2 heteroatoms. The quantitative estimate of drug-likeness (QED) is 0.635. The largest absolute Gasteiger partial charge is 0.385 e. The van der Waals surface area contributed by atoms with Gasteiger partial charge in [-0.25, -0.2) is 0 Å². The van der Waals surface area contributed by atoms with Gasteiger partial charge in [-0.3, -0.25) is 4.79 Å². The lowest BCUT2D eigenvalue weighted by Crippen LogP contribution is -2.19. The fraction of sp³-hybridized carbons (Fsp3) is 0.947. The van der Waals surface area contributed by atoms with Crippen LogP contribution in [-0.4, -0.2) is 17.0 Å². The van der Waals surface area contributed by atoms with Gasteiger partial charge in [0.2, 0.25) is 0 Å². The Balaban J connectivity index is 2.19. The second kappa shape index (κ2) is 13.3. The van der Waals surface area contributed by atoms with Crippen LogP contribution in [0.25, 0.3) is 0 Å². The van der Waals surface area contributed by atoms with E-state index in [9.17, 15) is 9.90 Å². The van der Waals surface area contributed by atoms with Gasteiger partial charge in [-0.15, -0.1) is 0 Å². The van der Waals surface area contributed by atoms with E-state index in [2.05, 4.69) is 0 Å². The molecule has 21 heavy (non-hydrogen) atoms. The van der Waals surface area contributed by atoms with Gasteiger partial charge in [-0.1, -0.05) is 89.9 Å². The highest BCUT2D eigenvalue weighted by molar-refractivity contribution is 5.82. The molecule has 0 amide bonds. The molecule has 1 rings (SSSR count). The van der Waals surface area contributed by atoms with Crippen molar-refractivity contribution in [1.29, 1.82) is 0 Å². The van der Waals surface area contributed by atoms with Crippen molar-refractivity contribution in [2.75, 3.05) is 0 Å². The highest BCUT2D eigenvalue weighted by atomic mass is 16.3. The summed E-state index contributed by atoms with van der Waals surface area (Å²) in [5, 5.41) is 9.86. The molecular formula is C19H36O2. The average Bonchev–Trinajstić information content (AvgIpc) is 2.49. The zero-order valence-corrected chi connectivity index (χ0v) is 14.0. The summed E-state index contributed by atoms with van der Waals surface area (Å²) >= 11 is 0. The smallest absolute Gasteiger partial charge is 0.161 e. The SMILES string of the molecule is O=C1CCCCCCCCCCCCCCCCCC1O. The number of aliphatic hydroxyl groups excluding tert-OH is 1. The van der Waals surface area contributed by atoms with E-state index in [1.54, 1.807) is 0 Å². The van der Waals surface area contributed by atoms with Gasteiger partial charge in [-0.05, 0) is 12.8 Å². The zero-order chi connectivity index (χ0) is 15.2. The molecule has 1 unspecified atom stereocenters. The summed E-state index contributed by atoms with van der Waals surface area (Å²) in [6, 6.07) is 0. The van der Waals surface area contributed by atoms with Gasteiger partial charge in [0.25, 0.3) is 0 Å².